The topological polar surface area (TPSA) is 72.5 Å². The van der Waals surface area contributed by atoms with E-state index in [0.29, 0.717) is 11.3 Å². The average molecular weight is 370 g/mol. The van der Waals surface area contributed by atoms with Gasteiger partial charge in [-0.25, -0.2) is 17.5 Å². The fourth-order valence-electron chi connectivity index (χ4n) is 1.81. The Morgan fingerprint density at radius 2 is 2.00 bits per heavy atom. The number of nitrogens with one attached hydrogen (secondary N) is 1. The van der Waals surface area contributed by atoms with Crippen LogP contribution in [0, 0.1) is 5.82 Å². The van der Waals surface area contributed by atoms with Gasteiger partial charge in [-0.3, -0.25) is 4.79 Å². The highest BCUT2D eigenvalue weighted by atomic mass is 35.5. The molecule has 0 saturated carbocycles. The third-order valence-corrected chi connectivity index (χ3v) is 4.22. The molecule has 2 aromatic carbocycles. The van der Waals surface area contributed by atoms with Gasteiger partial charge in [0, 0.05) is 0 Å². The fraction of sp³-hybridized carbons (Fsp3) is 0.0625. The van der Waals surface area contributed by atoms with Crippen molar-refractivity contribution < 1.29 is 22.3 Å². The van der Waals surface area contributed by atoms with Crippen LogP contribution in [0.25, 0.3) is 6.08 Å². The quantitative estimate of drug-likeness (QED) is 0.878. The van der Waals surface area contributed by atoms with E-state index in [1.165, 1.54) is 13.2 Å². The minimum absolute atomic E-state index is 0.142. The SMILES string of the molecule is COc1cccc(/C=C/S(=O)(=O)NC(=O)c2ccc(F)cc2Cl)c1. The van der Waals surface area contributed by atoms with E-state index in [0.717, 1.165) is 23.6 Å². The van der Waals surface area contributed by atoms with Gasteiger partial charge in [-0.1, -0.05) is 23.7 Å². The van der Waals surface area contributed by atoms with Gasteiger partial charge in [0.15, 0.2) is 0 Å². The zero-order valence-corrected chi connectivity index (χ0v) is 14.1. The highest BCUT2D eigenvalue weighted by Gasteiger charge is 2.16. The van der Waals surface area contributed by atoms with Crippen molar-refractivity contribution in [2.75, 3.05) is 7.11 Å². The summed E-state index contributed by atoms with van der Waals surface area (Å²) >= 11 is 5.73. The Labute approximate surface area is 143 Å². The Morgan fingerprint density at radius 3 is 2.67 bits per heavy atom. The average Bonchev–Trinajstić information content (AvgIpc) is 2.52. The van der Waals surface area contributed by atoms with Crippen molar-refractivity contribution in [2.45, 2.75) is 0 Å². The van der Waals surface area contributed by atoms with Gasteiger partial charge in [0.05, 0.1) is 23.1 Å². The molecule has 5 nitrogen and oxygen atoms in total. The number of halogens is 2. The van der Waals surface area contributed by atoms with Crippen LogP contribution in [-0.4, -0.2) is 21.4 Å². The van der Waals surface area contributed by atoms with Crippen LogP contribution in [0.2, 0.25) is 5.02 Å². The summed E-state index contributed by atoms with van der Waals surface area (Å²) in [6.45, 7) is 0. The molecule has 24 heavy (non-hydrogen) atoms. The predicted octanol–water partition coefficient (Wildman–Crippen LogP) is 3.22. The molecule has 0 radical (unpaired) electrons. The Balaban J connectivity index is 2.15. The molecule has 1 N–H and O–H groups in total. The van der Waals surface area contributed by atoms with Gasteiger partial charge in [-0.2, -0.15) is 0 Å². The molecule has 0 unspecified atom stereocenters. The summed E-state index contributed by atoms with van der Waals surface area (Å²) < 4.78 is 43.7. The highest BCUT2D eigenvalue weighted by molar-refractivity contribution is 7.93. The number of rotatable bonds is 5. The number of methoxy groups -OCH3 is 1. The van der Waals surface area contributed by atoms with Crippen molar-refractivity contribution in [3.8, 4) is 5.75 Å². The molecule has 0 fully saturated rings. The lowest BCUT2D eigenvalue weighted by atomic mass is 10.2. The third kappa shape index (κ3) is 4.81. The predicted molar refractivity (Wildman–Crippen MR) is 89.8 cm³/mol. The summed E-state index contributed by atoms with van der Waals surface area (Å²) in [5, 5.41) is 0.663. The highest BCUT2D eigenvalue weighted by Crippen LogP contribution is 2.18. The second kappa shape index (κ2) is 7.46. The standard InChI is InChI=1S/C16H13ClFNO4S/c1-23-13-4-2-3-11(9-13)7-8-24(21,22)19-16(20)14-6-5-12(18)10-15(14)17/h2-10H,1H3,(H,19,20)/b8-7+. The molecule has 0 saturated heterocycles. The first kappa shape index (κ1) is 18.0. The molecule has 8 heteroatoms. The van der Waals surface area contributed by atoms with Crippen molar-refractivity contribution in [3.63, 3.8) is 0 Å². The van der Waals surface area contributed by atoms with Crippen LogP contribution in [0.5, 0.6) is 5.75 Å². The summed E-state index contributed by atoms with van der Waals surface area (Å²) in [6.07, 6.45) is 1.31. The normalized spacial score (nSPS) is 11.5. The van der Waals surface area contributed by atoms with Gasteiger partial charge < -0.3 is 4.74 Å². The number of hydrogen-bond acceptors (Lipinski definition) is 4. The maximum Gasteiger partial charge on any atom is 0.266 e. The Hall–Kier alpha value is -2.38. The van der Waals surface area contributed by atoms with Crippen LogP contribution in [-0.2, 0) is 10.0 Å². The fourth-order valence-corrected chi connectivity index (χ4v) is 2.83. The zero-order valence-electron chi connectivity index (χ0n) is 12.5. The van der Waals surface area contributed by atoms with Gasteiger partial charge in [-0.05, 0) is 42.0 Å². The summed E-state index contributed by atoms with van der Waals surface area (Å²) in [7, 11) is -2.55. The Kier molecular flexibility index (Phi) is 5.58. The first-order valence-electron chi connectivity index (χ1n) is 6.65. The smallest absolute Gasteiger partial charge is 0.266 e. The van der Waals surface area contributed by atoms with E-state index in [1.807, 2.05) is 4.72 Å². The van der Waals surface area contributed by atoms with Crippen LogP contribution in [0.4, 0.5) is 4.39 Å². The molecule has 0 spiro atoms. The molecule has 0 atom stereocenters. The molecule has 0 aliphatic rings. The number of carbonyl (C=O) groups is 1. The molecule has 1 amide bonds. The molecule has 0 bridgehead atoms. The molecular weight excluding hydrogens is 357 g/mol. The molecule has 0 aromatic heterocycles. The van der Waals surface area contributed by atoms with E-state index in [1.54, 1.807) is 24.3 Å². The van der Waals surface area contributed by atoms with Crippen LogP contribution < -0.4 is 9.46 Å². The third-order valence-electron chi connectivity index (χ3n) is 2.94. The van der Waals surface area contributed by atoms with Crippen molar-refractivity contribution in [1.82, 2.24) is 4.72 Å². The van der Waals surface area contributed by atoms with Crippen LogP contribution in [0.15, 0.2) is 47.9 Å². The van der Waals surface area contributed by atoms with Crippen LogP contribution >= 0.6 is 11.6 Å². The number of carbonyl (C=O) groups excluding carboxylic acids is 1. The first-order valence-corrected chi connectivity index (χ1v) is 8.57. The van der Waals surface area contributed by atoms with Crippen LogP contribution in [0.3, 0.4) is 0 Å². The monoisotopic (exact) mass is 369 g/mol. The van der Waals surface area contributed by atoms with E-state index in [2.05, 4.69) is 0 Å². The Morgan fingerprint density at radius 1 is 1.25 bits per heavy atom. The number of hydrogen-bond donors (Lipinski definition) is 1. The minimum atomic E-state index is -4.05. The Bertz CT molecular complexity index is 897. The number of benzene rings is 2. The van der Waals surface area contributed by atoms with Gasteiger partial charge in [0.1, 0.15) is 11.6 Å². The maximum absolute atomic E-state index is 13.0. The molecule has 126 valence electrons. The van der Waals surface area contributed by atoms with Gasteiger partial charge in [0.25, 0.3) is 15.9 Å². The van der Waals surface area contributed by atoms with Gasteiger partial charge >= 0.3 is 0 Å². The van der Waals surface area contributed by atoms with Crippen molar-refractivity contribution in [3.05, 3.63) is 69.8 Å². The van der Waals surface area contributed by atoms with Crippen molar-refractivity contribution in [1.29, 1.82) is 0 Å². The number of sulfonamides is 1. The second-order valence-electron chi connectivity index (χ2n) is 4.68. The zero-order chi connectivity index (χ0) is 17.7. The van der Waals surface area contributed by atoms with Crippen molar-refractivity contribution >= 4 is 33.6 Å². The lowest BCUT2D eigenvalue weighted by Crippen LogP contribution is -2.29. The molecule has 0 heterocycles. The molecule has 0 aliphatic carbocycles. The van der Waals surface area contributed by atoms with Gasteiger partial charge in [0.2, 0.25) is 0 Å². The van der Waals surface area contributed by atoms with E-state index in [-0.39, 0.29) is 10.6 Å². The van der Waals surface area contributed by atoms with E-state index in [9.17, 15) is 17.6 Å². The number of ether oxygens (including phenoxy) is 1. The molecule has 0 aliphatic heterocycles. The van der Waals surface area contributed by atoms with Crippen LogP contribution in [0.1, 0.15) is 15.9 Å². The largest absolute Gasteiger partial charge is 0.497 e. The van der Waals surface area contributed by atoms with E-state index < -0.39 is 21.7 Å². The molecular formula is C16H13ClFNO4S. The molecule has 2 rings (SSSR count). The van der Waals surface area contributed by atoms with E-state index in [4.69, 9.17) is 16.3 Å². The van der Waals surface area contributed by atoms with Crippen molar-refractivity contribution in [2.24, 2.45) is 0 Å². The maximum atomic E-state index is 13.0. The summed E-state index contributed by atoms with van der Waals surface area (Å²) in [6, 6.07) is 9.76. The second-order valence-corrected chi connectivity index (χ2v) is 6.65. The van der Waals surface area contributed by atoms with E-state index >= 15 is 0 Å². The molecule has 2 aromatic rings. The number of amides is 1. The summed E-state index contributed by atoms with van der Waals surface area (Å²) in [5.74, 6) is -1.01. The minimum Gasteiger partial charge on any atom is -0.497 e. The summed E-state index contributed by atoms with van der Waals surface area (Å²) in [5.41, 5.74) is 0.434. The lowest BCUT2D eigenvalue weighted by Gasteiger charge is -2.05. The van der Waals surface area contributed by atoms with Gasteiger partial charge in [-0.15, -0.1) is 0 Å². The summed E-state index contributed by atoms with van der Waals surface area (Å²) in [4.78, 5) is 12.0. The lowest BCUT2D eigenvalue weighted by molar-refractivity contribution is 0.0982. The first-order chi connectivity index (χ1) is 11.3.